The summed E-state index contributed by atoms with van der Waals surface area (Å²) in [5, 5.41) is 13.0. The van der Waals surface area contributed by atoms with Crippen molar-refractivity contribution in [3.05, 3.63) is 5.01 Å². The molecule has 126 valence electrons. The van der Waals surface area contributed by atoms with Gasteiger partial charge < -0.3 is 10.2 Å². The van der Waals surface area contributed by atoms with Gasteiger partial charge in [0.05, 0.1) is 0 Å². The Bertz CT molecular complexity index is 560. The van der Waals surface area contributed by atoms with Crippen molar-refractivity contribution in [2.45, 2.75) is 57.8 Å². The molecule has 6 nitrogen and oxygen atoms in total. The average Bonchev–Trinajstić information content (AvgIpc) is 3.04. The molecule has 1 saturated carbocycles. The molecule has 1 aliphatic heterocycles. The quantitative estimate of drug-likeness (QED) is 0.921. The highest BCUT2D eigenvalue weighted by Gasteiger charge is 2.27. The predicted molar refractivity (Wildman–Crippen MR) is 89.3 cm³/mol. The lowest BCUT2D eigenvalue weighted by atomic mass is 9.90. The van der Waals surface area contributed by atoms with E-state index in [4.69, 9.17) is 0 Å². The second-order valence-electron chi connectivity index (χ2n) is 6.55. The molecule has 0 atom stereocenters. The number of carbonyl (C=O) groups is 2. The lowest BCUT2D eigenvalue weighted by molar-refractivity contribution is -0.132. The maximum absolute atomic E-state index is 12.4. The zero-order chi connectivity index (χ0) is 16.2. The molecule has 1 aliphatic carbocycles. The molecule has 0 radical (unpaired) electrons. The molecule has 1 aromatic heterocycles. The fourth-order valence-electron chi connectivity index (χ4n) is 3.46. The number of amides is 2. The molecule has 2 aliphatic rings. The van der Waals surface area contributed by atoms with Gasteiger partial charge >= 0.3 is 0 Å². The smallest absolute Gasteiger partial charge is 0.229 e. The van der Waals surface area contributed by atoms with E-state index in [2.05, 4.69) is 15.5 Å². The lowest BCUT2D eigenvalue weighted by Gasteiger charge is -2.30. The molecule has 23 heavy (non-hydrogen) atoms. The Labute approximate surface area is 140 Å². The molecule has 0 bridgehead atoms. The number of likely N-dealkylation sites (tertiary alicyclic amines) is 1. The summed E-state index contributed by atoms with van der Waals surface area (Å²) in [5.74, 6) is 0.586. The van der Waals surface area contributed by atoms with Crippen LogP contribution in [-0.4, -0.2) is 40.0 Å². The number of piperidine rings is 1. The molecule has 2 heterocycles. The van der Waals surface area contributed by atoms with Gasteiger partial charge in [-0.3, -0.25) is 9.59 Å². The third-order valence-corrected chi connectivity index (χ3v) is 5.94. The molecule has 1 saturated heterocycles. The third kappa shape index (κ3) is 4.07. The van der Waals surface area contributed by atoms with Gasteiger partial charge in [-0.25, -0.2) is 0 Å². The predicted octanol–water partition coefficient (Wildman–Crippen LogP) is 2.78. The Morgan fingerprint density at radius 3 is 2.43 bits per heavy atom. The van der Waals surface area contributed by atoms with E-state index in [1.807, 2.05) is 0 Å². The Kier molecular flexibility index (Phi) is 5.25. The molecule has 1 aromatic rings. The molecule has 3 rings (SSSR count). The van der Waals surface area contributed by atoms with Crippen LogP contribution in [0.1, 0.15) is 62.8 Å². The molecular weight excluding hydrogens is 312 g/mol. The zero-order valence-corrected chi connectivity index (χ0v) is 14.4. The van der Waals surface area contributed by atoms with E-state index in [9.17, 15) is 9.59 Å². The number of nitrogens with zero attached hydrogens (tertiary/aromatic N) is 3. The largest absolute Gasteiger partial charge is 0.343 e. The van der Waals surface area contributed by atoms with Crippen LogP contribution in [0.4, 0.5) is 5.13 Å². The van der Waals surface area contributed by atoms with E-state index in [0.29, 0.717) is 24.1 Å². The molecule has 0 spiro atoms. The molecule has 0 aromatic carbocycles. The first-order valence-electron chi connectivity index (χ1n) is 8.53. The van der Waals surface area contributed by atoms with Crippen LogP contribution < -0.4 is 5.32 Å². The normalized spacial score (nSPS) is 20.5. The second-order valence-corrected chi connectivity index (χ2v) is 7.56. The first-order chi connectivity index (χ1) is 11.1. The summed E-state index contributed by atoms with van der Waals surface area (Å²) < 4.78 is 0. The maximum atomic E-state index is 12.4. The van der Waals surface area contributed by atoms with Gasteiger partial charge in [0.15, 0.2) is 0 Å². The number of carbonyl (C=O) groups excluding carboxylic acids is 2. The highest BCUT2D eigenvalue weighted by Crippen LogP contribution is 2.35. The molecule has 7 heteroatoms. The SMILES string of the molecule is CC(=O)N1CCC(C(=O)Nc2nnc(C3CCCCC3)s2)CC1. The van der Waals surface area contributed by atoms with E-state index < -0.39 is 0 Å². The van der Waals surface area contributed by atoms with Crippen LogP contribution in [0.3, 0.4) is 0 Å². The number of hydrogen-bond donors (Lipinski definition) is 1. The van der Waals surface area contributed by atoms with Gasteiger partial charge in [-0.1, -0.05) is 30.6 Å². The minimum Gasteiger partial charge on any atom is -0.343 e. The third-order valence-electron chi connectivity index (χ3n) is 4.94. The zero-order valence-electron chi connectivity index (χ0n) is 13.6. The van der Waals surface area contributed by atoms with Crippen molar-refractivity contribution in [3.8, 4) is 0 Å². The van der Waals surface area contributed by atoms with Crippen LogP contribution in [0.25, 0.3) is 0 Å². The fourth-order valence-corrected chi connectivity index (χ4v) is 4.38. The Hall–Kier alpha value is -1.50. The molecule has 1 N–H and O–H groups in total. The number of nitrogens with one attached hydrogen (secondary N) is 1. The van der Waals surface area contributed by atoms with Crippen LogP contribution in [0.2, 0.25) is 0 Å². The van der Waals surface area contributed by atoms with Crippen LogP contribution >= 0.6 is 11.3 Å². The minimum atomic E-state index is -0.0346. The van der Waals surface area contributed by atoms with Crippen molar-refractivity contribution in [2.75, 3.05) is 18.4 Å². The van der Waals surface area contributed by atoms with Gasteiger partial charge in [-0.05, 0) is 25.7 Å². The fraction of sp³-hybridized carbons (Fsp3) is 0.750. The highest BCUT2D eigenvalue weighted by atomic mass is 32.1. The molecular formula is C16H24N4O2S. The van der Waals surface area contributed by atoms with E-state index in [1.54, 1.807) is 11.8 Å². The van der Waals surface area contributed by atoms with Gasteiger partial charge in [0.2, 0.25) is 16.9 Å². The highest BCUT2D eigenvalue weighted by molar-refractivity contribution is 7.15. The maximum Gasteiger partial charge on any atom is 0.229 e. The Morgan fingerprint density at radius 2 is 1.78 bits per heavy atom. The van der Waals surface area contributed by atoms with Crippen LogP contribution in [0.5, 0.6) is 0 Å². The van der Waals surface area contributed by atoms with Crippen molar-refractivity contribution in [3.63, 3.8) is 0 Å². The van der Waals surface area contributed by atoms with Crippen molar-refractivity contribution >= 4 is 28.3 Å². The van der Waals surface area contributed by atoms with Crippen molar-refractivity contribution in [2.24, 2.45) is 5.92 Å². The van der Waals surface area contributed by atoms with E-state index >= 15 is 0 Å². The first-order valence-corrected chi connectivity index (χ1v) is 9.35. The lowest BCUT2D eigenvalue weighted by Crippen LogP contribution is -2.40. The van der Waals surface area contributed by atoms with E-state index in [0.717, 1.165) is 17.8 Å². The molecule has 2 fully saturated rings. The van der Waals surface area contributed by atoms with Crippen LogP contribution in [0.15, 0.2) is 0 Å². The Morgan fingerprint density at radius 1 is 1.09 bits per heavy atom. The van der Waals surface area contributed by atoms with Gasteiger partial charge in [-0.15, -0.1) is 10.2 Å². The average molecular weight is 336 g/mol. The summed E-state index contributed by atoms with van der Waals surface area (Å²) in [4.78, 5) is 25.5. The molecule has 2 amide bonds. The summed E-state index contributed by atoms with van der Waals surface area (Å²) in [5.41, 5.74) is 0. The summed E-state index contributed by atoms with van der Waals surface area (Å²) in [6.45, 7) is 2.90. The van der Waals surface area contributed by atoms with Crippen molar-refractivity contribution < 1.29 is 9.59 Å². The summed E-state index contributed by atoms with van der Waals surface area (Å²) >= 11 is 1.52. The van der Waals surface area contributed by atoms with E-state index in [-0.39, 0.29) is 17.7 Å². The summed E-state index contributed by atoms with van der Waals surface area (Å²) in [6, 6.07) is 0. The standard InChI is InChI=1S/C16H24N4O2S/c1-11(21)20-9-7-12(8-10-20)14(22)17-16-19-18-15(23-16)13-5-3-2-4-6-13/h12-13H,2-10H2,1H3,(H,17,19,22). The number of hydrogen-bond acceptors (Lipinski definition) is 5. The van der Waals surface area contributed by atoms with Crippen LogP contribution in [0, 0.1) is 5.92 Å². The van der Waals surface area contributed by atoms with Gasteiger partial charge in [0.1, 0.15) is 5.01 Å². The number of aromatic nitrogens is 2. The monoisotopic (exact) mass is 336 g/mol. The van der Waals surface area contributed by atoms with Crippen molar-refractivity contribution in [1.29, 1.82) is 0 Å². The summed E-state index contributed by atoms with van der Waals surface area (Å²) in [7, 11) is 0. The first kappa shape index (κ1) is 16.4. The second kappa shape index (κ2) is 7.38. The molecule has 0 unspecified atom stereocenters. The van der Waals surface area contributed by atoms with Gasteiger partial charge in [0, 0.05) is 31.8 Å². The van der Waals surface area contributed by atoms with Gasteiger partial charge in [0.25, 0.3) is 0 Å². The van der Waals surface area contributed by atoms with Crippen molar-refractivity contribution in [1.82, 2.24) is 15.1 Å². The number of anilines is 1. The topological polar surface area (TPSA) is 75.2 Å². The van der Waals surface area contributed by atoms with Crippen LogP contribution in [-0.2, 0) is 9.59 Å². The van der Waals surface area contributed by atoms with E-state index in [1.165, 1.54) is 43.4 Å². The summed E-state index contributed by atoms with van der Waals surface area (Å²) in [6.07, 6.45) is 7.66. The number of rotatable bonds is 3. The van der Waals surface area contributed by atoms with Gasteiger partial charge in [-0.2, -0.15) is 0 Å². The Balaban J connectivity index is 1.52. The minimum absolute atomic E-state index is 0.0135.